The molecule has 0 aliphatic carbocycles. The Balaban J connectivity index is 1.61. The van der Waals surface area contributed by atoms with Crippen molar-refractivity contribution in [3.05, 3.63) is 51.2 Å². The van der Waals surface area contributed by atoms with Crippen LogP contribution in [0.5, 0.6) is 5.75 Å². The lowest BCUT2D eigenvalue weighted by Gasteiger charge is -2.42. The predicted octanol–water partition coefficient (Wildman–Crippen LogP) is 6.26. The first-order valence-electron chi connectivity index (χ1n) is 10.8. The largest absolute Gasteiger partial charge is 0.488 e. The zero-order chi connectivity index (χ0) is 21.8. The van der Waals surface area contributed by atoms with E-state index in [1.807, 2.05) is 13.0 Å². The maximum atomic E-state index is 11.4. The number of ether oxygens (including phenoxy) is 2. The van der Waals surface area contributed by atoms with Gasteiger partial charge < -0.3 is 9.47 Å². The lowest BCUT2D eigenvalue weighted by Crippen LogP contribution is -2.41. The van der Waals surface area contributed by atoms with E-state index in [1.54, 1.807) is 11.3 Å². The molecule has 3 rings (SSSR count). The van der Waals surface area contributed by atoms with E-state index < -0.39 is 0 Å². The molecule has 0 bridgehead atoms. The van der Waals surface area contributed by atoms with Gasteiger partial charge >= 0.3 is 5.97 Å². The van der Waals surface area contributed by atoms with E-state index in [0.29, 0.717) is 13.0 Å². The van der Waals surface area contributed by atoms with Crippen LogP contribution in [0, 0.1) is 11.8 Å². The van der Waals surface area contributed by atoms with Crippen molar-refractivity contribution in [1.29, 1.82) is 0 Å². The third-order valence-electron chi connectivity index (χ3n) is 5.31. The van der Waals surface area contributed by atoms with Gasteiger partial charge in [0.15, 0.2) is 0 Å². The van der Waals surface area contributed by atoms with E-state index in [-0.39, 0.29) is 17.0 Å². The summed E-state index contributed by atoms with van der Waals surface area (Å²) in [6.07, 6.45) is 4.31. The Hall–Kier alpha value is -2.25. The summed E-state index contributed by atoms with van der Waals surface area (Å²) in [6, 6.07) is 10.5. The molecule has 0 atom stereocenters. The van der Waals surface area contributed by atoms with Crippen molar-refractivity contribution >= 4 is 17.3 Å². The van der Waals surface area contributed by atoms with Crippen LogP contribution in [0.4, 0.5) is 0 Å². The van der Waals surface area contributed by atoms with Crippen LogP contribution in [0.25, 0.3) is 0 Å². The summed E-state index contributed by atoms with van der Waals surface area (Å²) < 4.78 is 11.1. The molecule has 1 aliphatic heterocycles. The average Bonchev–Trinajstić information content (AvgIpc) is 3.10. The summed E-state index contributed by atoms with van der Waals surface area (Å²) >= 11 is 1.74. The molecule has 30 heavy (non-hydrogen) atoms. The van der Waals surface area contributed by atoms with Crippen LogP contribution in [0.2, 0.25) is 0 Å². The zero-order valence-electron chi connectivity index (χ0n) is 18.8. The quantitative estimate of drug-likeness (QED) is 0.312. The van der Waals surface area contributed by atoms with Crippen molar-refractivity contribution in [1.82, 2.24) is 0 Å². The number of fused-ring (bicyclic) bond motifs is 1. The molecule has 4 heteroatoms. The highest BCUT2D eigenvalue weighted by molar-refractivity contribution is 7.12. The van der Waals surface area contributed by atoms with E-state index in [2.05, 4.69) is 63.8 Å². The van der Waals surface area contributed by atoms with Gasteiger partial charge in [-0.25, -0.2) is 0 Å². The summed E-state index contributed by atoms with van der Waals surface area (Å²) in [5.41, 5.74) is 2.18. The number of rotatable bonds is 6. The van der Waals surface area contributed by atoms with Gasteiger partial charge in [0.1, 0.15) is 11.4 Å². The number of unbranched alkanes of at least 4 members (excludes halogenated alkanes) is 1. The topological polar surface area (TPSA) is 35.5 Å². The van der Waals surface area contributed by atoms with Gasteiger partial charge in [0.2, 0.25) is 0 Å². The second-order valence-corrected chi connectivity index (χ2v) is 10.3. The molecule has 0 N–H and O–H groups in total. The van der Waals surface area contributed by atoms with E-state index >= 15 is 0 Å². The second-order valence-electron chi connectivity index (χ2n) is 9.16. The van der Waals surface area contributed by atoms with Gasteiger partial charge in [0.25, 0.3) is 0 Å². The van der Waals surface area contributed by atoms with Crippen LogP contribution in [0.1, 0.15) is 81.2 Å². The Morgan fingerprint density at radius 3 is 2.70 bits per heavy atom. The Morgan fingerprint density at radius 2 is 1.93 bits per heavy atom. The minimum atomic E-state index is -0.145. The molecule has 160 valence electrons. The van der Waals surface area contributed by atoms with Gasteiger partial charge in [-0.05, 0) is 82.2 Å². The molecule has 0 unspecified atom stereocenters. The molecule has 0 spiro atoms. The van der Waals surface area contributed by atoms with Gasteiger partial charge in [0.05, 0.1) is 11.5 Å². The van der Waals surface area contributed by atoms with Crippen LogP contribution >= 0.6 is 11.3 Å². The number of esters is 1. The highest BCUT2D eigenvalue weighted by atomic mass is 32.1. The van der Waals surface area contributed by atoms with Gasteiger partial charge in [-0.2, -0.15) is 0 Å². The van der Waals surface area contributed by atoms with E-state index in [4.69, 9.17) is 9.47 Å². The Kier molecular flexibility index (Phi) is 6.93. The van der Waals surface area contributed by atoms with Crippen LogP contribution in [-0.4, -0.2) is 18.2 Å². The van der Waals surface area contributed by atoms with Crippen LogP contribution in [-0.2, 0) is 21.4 Å². The fourth-order valence-corrected chi connectivity index (χ4v) is 5.14. The van der Waals surface area contributed by atoms with Gasteiger partial charge in [0, 0.05) is 22.4 Å². The minimum Gasteiger partial charge on any atom is -0.488 e. The molecule has 1 aliphatic rings. The van der Waals surface area contributed by atoms with Crippen molar-refractivity contribution < 1.29 is 14.3 Å². The first kappa shape index (κ1) is 22.4. The smallest absolute Gasteiger partial charge is 0.305 e. The Bertz CT molecular complexity index is 956. The van der Waals surface area contributed by atoms with E-state index in [0.717, 1.165) is 41.9 Å². The maximum Gasteiger partial charge on any atom is 0.305 e. The molecular weight excluding hydrogens is 392 g/mol. The van der Waals surface area contributed by atoms with Crippen molar-refractivity contribution in [2.75, 3.05) is 6.61 Å². The maximum absolute atomic E-state index is 11.4. The van der Waals surface area contributed by atoms with Crippen molar-refractivity contribution in [3.8, 4) is 17.6 Å². The monoisotopic (exact) mass is 424 g/mol. The van der Waals surface area contributed by atoms with Gasteiger partial charge in [-0.1, -0.05) is 25.7 Å². The molecule has 2 heterocycles. The number of carbonyl (C=O) groups excluding carboxylic acids is 1. The zero-order valence-corrected chi connectivity index (χ0v) is 19.6. The minimum absolute atomic E-state index is 0.0639. The van der Waals surface area contributed by atoms with Gasteiger partial charge in [-0.3, -0.25) is 4.79 Å². The summed E-state index contributed by atoms with van der Waals surface area (Å²) in [5, 5.41) is 0. The molecule has 1 aromatic carbocycles. The standard InChI is InChI=1S/C26H32O3S/c1-6-28-24(27)10-8-7-9-20-14-15-21(30-20)13-11-19-12-16-23-22(17-19)25(2,3)18-26(4,5)29-23/h12,14-17H,6-10,18H2,1-5H3. The SMILES string of the molecule is CCOC(=O)CCCCc1ccc(C#Cc2ccc3c(c2)C(C)(C)CC(C)(C)O3)s1. The lowest BCUT2D eigenvalue weighted by molar-refractivity contribution is -0.143. The van der Waals surface area contributed by atoms with Crippen LogP contribution < -0.4 is 4.74 Å². The molecule has 3 nitrogen and oxygen atoms in total. The van der Waals surface area contributed by atoms with E-state index in [1.165, 1.54) is 10.4 Å². The molecule has 0 fully saturated rings. The average molecular weight is 425 g/mol. The van der Waals surface area contributed by atoms with Crippen molar-refractivity contribution in [2.45, 2.75) is 77.7 Å². The van der Waals surface area contributed by atoms with Crippen molar-refractivity contribution in [2.24, 2.45) is 0 Å². The first-order chi connectivity index (χ1) is 14.2. The number of aryl methyl sites for hydroxylation is 1. The predicted molar refractivity (Wildman–Crippen MR) is 123 cm³/mol. The fraction of sp³-hybridized carbons (Fsp3) is 0.500. The molecule has 0 saturated heterocycles. The lowest BCUT2D eigenvalue weighted by atomic mass is 9.73. The number of thiophene rings is 1. The summed E-state index contributed by atoms with van der Waals surface area (Å²) in [4.78, 5) is 13.8. The normalized spacial score (nSPS) is 16.0. The number of carbonyl (C=O) groups is 1. The second kappa shape index (κ2) is 9.27. The highest BCUT2D eigenvalue weighted by Crippen LogP contribution is 2.44. The number of hydrogen-bond donors (Lipinski definition) is 0. The third-order valence-corrected chi connectivity index (χ3v) is 6.37. The summed E-state index contributed by atoms with van der Waals surface area (Å²) in [7, 11) is 0. The third kappa shape index (κ3) is 5.89. The first-order valence-corrected chi connectivity index (χ1v) is 11.6. The van der Waals surface area contributed by atoms with Gasteiger partial charge in [-0.15, -0.1) is 11.3 Å². The molecule has 0 saturated carbocycles. The number of benzene rings is 1. The Morgan fingerprint density at radius 1 is 1.13 bits per heavy atom. The summed E-state index contributed by atoms with van der Waals surface area (Å²) in [5.74, 6) is 7.51. The number of hydrogen-bond acceptors (Lipinski definition) is 4. The van der Waals surface area contributed by atoms with E-state index in [9.17, 15) is 4.79 Å². The Labute approximate surface area is 184 Å². The highest BCUT2D eigenvalue weighted by Gasteiger charge is 2.38. The summed E-state index contributed by atoms with van der Waals surface area (Å²) in [6.45, 7) is 11.2. The van der Waals surface area contributed by atoms with Crippen LogP contribution in [0.3, 0.4) is 0 Å². The molecule has 0 radical (unpaired) electrons. The fourth-order valence-electron chi connectivity index (χ4n) is 4.23. The molecule has 1 aromatic heterocycles. The van der Waals surface area contributed by atoms with Crippen molar-refractivity contribution in [3.63, 3.8) is 0 Å². The molecule has 0 amide bonds. The van der Waals surface area contributed by atoms with Crippen LogP contribution in [0.15, 0.2) is 30.3 Å². The molecular formula is C26H32O3S. The molecule has 2 aromatic rings.